The van der Waals surface area contributed by atoms with Crippen LogP contribution in [0.4, 0.5) is 5.69 Å². The Hall–Kier alpha value is -2.08. The molecule has 30 heavy (non-hydrogen) atoms. The van der Waals surface area contributed by atoms with Crippen molar-refractivity contribution in [3.63, 3.8) is 0 Å². The molecule has 0 aromatic heterocycles. The van der Waals surface area contributed by atoms with Crippen LogP contribution in [0, 0.1) is 11.8 Å². The SMILES string of the molecule is CCO[C@H]1CC[C@H](N(c2ccc(O)cc2C(=O)OC)C(=O)[C@H]2CC[C@H](C)CC2)CC1. The number of esters is 1. The summed E-state index contributed by atoms with van der Waals surface area (Å²) in [6.07, 6.45) is 7.58. The van der Waals surface area contributed by atoms with Crippen LogP contribution in [0.15, 0.2) is 18.2 Å². The molecule has 3 rings (SSSR count). The number of aromatic hydroxyl groups is 1. The number of ether oxygens (including phenoxy) is 2. The quantitative estimate of drug-likeness (QED) is 0.680. The molecule has 166 valence electrons. The monoisotopic (exact) mass is 417 g/mol. The molecule has 2 aliphatic rings. The molecule has 2 aliphatic carbocycles. The molecule has 0 saturated heterocycles. The molecule has 0 radical (unpaired) electrons. The second-order valence-electron chi connectivity index (χ2n) is 8.74. The summed E-state index contributed by atoms with van der Waals surface area (Å²) in [5.41, 5.74) is 0.782. The molecule has 0 heterocycles. The molecular weight excluding hydrogens is 382 g/mol. The van der Waals surface area contributed by atoms with E-state index in [1.807, 2.05) is 11.8 Å². The number of carbonyl (C=O) groups excluding carboxylic acids is 2. The number of phenolic OH excluding ortho intramolecular Hbond substituents is 1. The van der Waals surface area contributed by atoms with Gasteiger partial charge in [0.05, 0.1) is 24.5 Å². The summed E-state index contributed by atoms with van der Waals surface area (Å²) in [4.78, 5) is 28.0. The zero-order valence-corrected chi connectivity index (χ0v) is 18.4. The van der Waals surface area contributed by atoms with Gasteiger partial charge in [0, 0.05) is 18.6 Å². The lowest BCUT2D eigenvalue weighted by Crippen LogP contribution is -2.47. The predicted octanol–water partition coefficient (Wildman–Crippen LogP) is 4.69. The maximum atomic E-state index is 13.7. The Kier molecular flexibility index (Phi) is 7.75. The smallest absolute Gasteiger partial charge is 0.340 e. The Bertz CT molecular complexity index is 733. The first-order chi connectivity index (χ1) is 14.4. The molecule has 2 saturated carbocycles. The highest BCUT2D eigenvalue weighted by atomic mass is 16.5. The van der Waals surface area contributed by atoms with Crippen LogP contribution in [0.5, 0.6) is 5.75 Å². The van der Waals surface area contributed by atoms with Gasteiger partial charge in [-0.15, -0.1) is 0 Å². The fourth-order valence-corrected chi connectivity index (χ4v) is 4.91. The fourth-order valence-electron chi connectivity index (χ4n) is 4.91. The number of benzene rings is 1. The van der Waals surface area contributed by atoms with E-state index in [1.165, 1.54) is 19.2 Å². The maximum Gasteiger partial charge on any atom is 0.340 e. The zero-order valence-electron chi connectivity index (χ0n) is 18.4. The van der Waals surface area contributed by atoms with Gasteiger partial charge < -0.3 is 19.5 Å². The molecule has 0 spiro atoms. The minimum Gasteiger partial charge on any atom is -0.508 e. The molecule has 2 fully saturated rings. The number of methoxy groups -OCH3 is 1. The lowest BCUT2D eigenvalue weighted by molar-refractivity contribution is -0.124. The number of carbonyl (C=O) groups is 2. The largest absolute Gasteiger partial charge is 0.508 e. The van der Waals surface area contributed by atoms with Gasteiger partial charge in [-0.3, -0.25) is 4.79 Å². The molecule has 1 N–H and O–H groups in total. The van der Waals surface area contributed by atoms with Gasteiger partial charge >= 0.3 is 5.97 Å². The van der Waals surface area contributed by atoms with Gasteiger partial charge in [-0.05, 0) is 82.4 Å². The van der Waals surface area contributed by atoms with Crippen molar-refractivity contribution in [1.82, 2.24) is 0 Å². The second kappa shape index (κ2) is 10.3. The molecule has 1 aromatic carbocycles. The van der Waals surface area contributed by atoms with Crippen molar-refractivity contribution in [1.29, 1.82) is 0 Å². The minimum atomic E-state index is -0.543. The number of hydrogen-bond acceptors (Lipinski definition) is 5. The highest BCUT2D eigenvalue weighted by Crippen LogP contribution is 2.37. The molecular formula is C24H35NO5. The van der Waals surface area contributed by atoms with Gasteiger partial charge in [0.15, 0.2) is 0 Å². The lowest BCUT2D eigenvalue weighted by atomic mass is 9.81. The molecule has 6 nitrogen and oxygen atoms in total. The van der Waals surface area contributed by atoms with Gasteiger partial charge in [0.1, 0.15) is 5.75 Å². The van der Waals surface area contributed by atoms with E-state index in [0.717, 1.165) is 51.4 Å². The van der Waals surface area contributed by atoms with Gasteiger partial charge in [-0.2, -0.15) is 0 Å². The summed E-state index contributed by atoms with van der Waals surface area (Å²) in [7, 11) is 1.32. The summed E-state index contributed by atoms with van der Waals surface area (Å²) in [5.74, 6) is 0.170. The van der Waals surface area contributed by atoms with Gasteiger partial charge in [0.2, 0.25) is 5.91 Å². The number of phenols is 1. The van der Waals surface area contributed by atoms with Crippen molar-refractivity contribution in [2.75, 3.05) is 18.6 Å². The topological polar surface area (TPSA) is 76.1 Å². The van der Waals surface area contributed by atoms with Crippen molar-refractivity contribution < 1.29 is 24.2 Å². The maximum absolute atomic E-state index is 13.7. The third-order valence-electron chi connectivity index (χ3n) is 6.66. The first-order valence-electron chi connectivity index (χ1n) is 11.3. The first kappa shape index (κ1) is 22.6. The number of anilines is 1. The third-order valence-corrected chi connectivity index (χ3v) is 6.66. The highest BCUT2D eigenvalue weighted by molar-refractivity contribution is 6.04. The standard InChI is InChI=1S/C24H35NO5/c1-4-30-20-12-9-18(10-13-20)25(23(27)17-7-5-16(2)6-8-17)22-14-11-19(26)15-21(22)24(28)29-3/h11,14-18,20,26H,4-10,12-13H2,1-3H3/t16-,17-,18-,20-. The van der Waals surface area contributed by atoms with Crippen LogP contribution in [-0.4, -0.2) is 42.8 Å². The Morgan fingerprint density at radius 3 is 2.33 bits per heavy atom. The van der Waals surface area contributed by atoms with Crippen molar-refractivity contribution in [3.05, 3.63) is 23.8 Å². The van der Waals surface area contributed by atoms with E-state index < -0.39 is 5.97 Å². The number of nitrogens with zero attached hydrogens (tertiary/aromatic N) is 1. The second-order valence-corrected chi connectivity index (χ2v) is 8.74. The highest BCUT2D eigenvalue weighted by Gasteiger charge is 2.36. The molecule has 1 amide bonds. The third kappa shape index (κ3) is 5.15. The Morgan fingerprint density at radius 1 is 1.07 bits per heavy atom. The van der Waals surface area contributed by atoms with Crippen molar-refractivity contribution >= 4 is 17.6 Å². The van der Waals surface area contributed by atoms with Gasteiger partial charge in [0.25, 0.3) is 0 Å². The van der Waals surface area contributed by atoms with E-state index in [4.69, 9.17) is 9.47 Å². The van der Waals surface area contributed by atoms with E-state index in [9.17, 15) is 14.7 Å². The van der Waals surface area contributed by atoms with Crippen LogP contribution in [0.3, 0.4) is 0 Å². The summed E-state index contributed by atoms with van der Waals surface area (Å²) in [6.45, 7) is 4.94. The van der Waals surface area contributed by atoms with Crippen LogP contribution < -0.4 is 4.90 Å². The lowest BCUT2D eigenvalue weighted by Gasteiger charge is -2.40. The molecule has 0 unspecified atom stereocenters. The van der Waals surface area contributed by atoms with E-state index in [-0.39, 0.29) is 35.3 Å². The van der Waals surface area contributed by atoms with E-state index in [2.05, 4.69) is 6.92 Å². The summed E-state index contributed by atoms with van der Waals surface area (Å²) in [6, 6.07) is 4.63. The fraction of sp³-hybridized carbons (Fsp3) is 0.667. The van der Waals surface area contributed by atoms with Crippen LogP contribution >= 0.6 is 0 Å². The summed E-state index contributed by atoms with van der Waals surface area (Å²) < 4.78 is 10.7. The molecule has 0 atom stereocenters. The Balaban J connectivity index is 1.92. The van der Waals surface area contributed by atoms with Crippen LogP contribution in [-0.2, 0) is 14.3 Å². The normalized spacial score (nSPS) is 26.8. The van der Waals surface area contributed by atoms with Gasteiger partial charge in [-0.25, -0.2) is 4.79 Å². The number of rotatable bonds is 6. The van der Waals surface area contributed by atoms with Crippen molar-refractivity contribution in [3.8, 4) is 5.75 Å². The average Bonchev–Trinajstić information content (AvgIpc) is 2.76. The molecule has 0 bridgehead atoms. The molecule has 1 aromatic rings. The minimum absolute atomic E-state index is 0.0153. The first-order valence-corrected chi connectivity index (χ1v) is 11.3. The van der Waals surface area contributed by atoms with E-state index in [0.29, 0.717) is 18.2 Å². The Labute approximate surface area is 179 Å². The zero-order chi connectivity index (χ0) is 21.7. The number of amides is 1. The average molecular weight is 418 g/mol. The van der Waals surface area contributed by atoms with Crippen LogP contribution in [0.25, 0.3) is 0 Å². The van der Waals surface area contributed by atoms with E-state index >= 15 is 0 Å². The summed E-state index contributed by atoms with van der Waals surface area (Å²) >= 11 is 0. The summed E-state index contributed by atoms with van der Waals surface area (Å²) in [5, 5.41) is 9.96. The number of hydrogen-bond donors (Lipinski definition) is 1. The van der Waals surface area contributed by atoms with Crippen LogP contribution in [0.1, 0.15) is 75.6 Å². The van der Waals surface area contributed by atoms with Crippen molar-refractivity contribution in [2.24, 2.45) is 11.8 Å². The van der Waals surface area contributed by atoms with Crippen molar-refractivity contribution in [2.45, 2.75) is 77.4 Å². The Morgan fingerprint density at radius 2 is 1.73 bits per heavy atom. The predicted molar refractivity (Wildman–Crippen MR) is 116 cm³/mol. The van der Waals surface area contributed by atoms with Crippen LogP contribution in [0.2, 0.25) is 0 Å². The molecule has 0 aliphatic heterocycles. The van der Waals surface area contributed by atoms with Gasteiger partial charge in [-0.1, -0.05) is 6.92 Å². The van der Waals surface area contributed by atoms with E-state index in [1.54, 1.807) is 6.07 Å². The molecule has 6 heteroatoms.